The summed E-state index contributed by atoms with van der Waals surface area (Å²) in [6.07, 6.45) is 2.57. The molecule has 0 fully saturated rings. The highest BCUT2D eigenvalue weighted by Crippen LogP contribution is 2.26. The Balaban J connectivity index is 0.000000519. The van der Waals surface area contributed by atoms with Crippen LogP contribution in [0.1, 0.15) is 34.8 Å². The van der Waals surface area contributed by atoms with Gasteiger partial charge < -0.3 is 33.9 Å². The molecule has 0 aliphatic rings. The average Bonchev–Trinajstić information content (AvgIpc) is 2.79. The number of hydrogen-bond acceptors (Lipinski definition) is 11. The molecule has 0 bridgehead atoms. The van der Waals surface area contributed by atoms with E-state index in [0.717, 1.165) is 6.20 Å². The lowest BCUT2D eigenvalue weighted by Gasteiger charge is -2.09. The van der Waals surface area contributed by atoms with E-state index in [1.54, 1.807) is 6.92 Å². The Labute approximate surface area is 180 Å². The summed E-state index contributed by atoms with van der Waals surface area (Å²) in [6.45, 7) is 4.29. The molecule has 2 heterocycles. The molecule has 2 N–H and O–H groups in total. The van der Waals surface area contributed by atoms with E-state index in [1.807, 2.05) is 6.92 Å². The van der Waals surface area contributed by atoms with Crippen LogP contribution in [-0.4, -0.2) is 73.8 Å². The molecule has 0 aromatic carbocycles. The molecule has 0 aliphatic carbocycles. The van der Waals surface area contributed by atoms with E-state index in [2.05, 4.69) is 19.4 Å². The number of aromatic hydroxyl groups is 1. The van der Waals surface area contributed by atoms with E-state index in [4.69, 9.17) is 24.4 Å². The number of aliphatic hydroxyl groups excluding tert-OH is 1. The summed E-state index contributed by atoms with van der Waals surface area (Å²) in [4.78, 5) is 29.7. The Kier molecular flexibility index (Phi) is 13.5. The molecule has 0 saturated carbocycles. The van der Waals surface area contributed by atoms with Crippen LogP contribution in [0, 0.1) is 0 Å². The van der Waals surface area contributed by atoms with Gasteiger partial charge in [-0.1, -0.05) is 0 Å². The van der Waals surface area contributed by atoms with Gasteiger partial charge in [0.2, 0.25) is 0 Å². The Morgan fingerprint density at radius 3 is 1.71 bits per heavy atom. The largest absolute Gasteiger partial charge is 0.503 e. The number of aromatic nitrogens is 2. The second kappa shape index (κ2) is 15.3. The zero-order chi connectivity index (χ0) is 23.8. The molecule has 11 heteroatoms. The lowest BCUT2D eigenvalue weighted by Crippen LogP contribution is -2.05. The van der Waals surface area contributed by atoms with Gasteiger partial charge in [-0.05, 0) is 13.8 Å². The van der Waals surface area contributed by atoms with E-state index in [-0.39, 0.29) is 29.5 Å². The molecule has 0 radical (unpaired) electrons. The number of ether oxygens (including phenoxy) is 5. The summed E-state index contributed by atoms with van der Waals surface area (Å²) in [7, 11) is 5.44. The molecule has 0 saturated heterocycles. The van der Waals surface area contributed by atoms with E-state index in [1.165, 1.54) is 46.8 Å². The van der Waals surface area contributed by atoms with Crippen molar-refractivity contribution in [3.63, 3.8) is 0 Å². The van der Waals surface area contributed by atoms with Crippen molar-refractivity contribution < 1.29 is 43.5 Å². The van der Waals surface area contributed by atoms with Gasteiger partial charge in [0, 0.05) is 18.7 Å². The van der Waals surface area contributed by atoms with Crippen molar-refractivity contribution in [2.45, 2.75) is 13.8 Å². The van der Waals surface area contributed by atoms with E-state index in [0.29, 0.717) is 18.1 Å². The molecule has 2 rings (SSSR count). The van der Waals surface area contributed by atoms with Crippen molar-refractivity contribution in [3.8, 4) is 23.0 Å². The third-order valence-corrected chi connectivity index (χ3v) is 3.21. The molecule has 31 heavy (non-hydrogen) atoms. The number of pyridine rings is 2. The predicted octanol–water partition coefficient (Wildman–Crippen LogP) is 1.86. The second-order valence-corrected chi connectivity index (χ2v) is 5.19. The van der Waals surface area contributed by atoms with Gasteiger partial charge in [-0.15, -0.1) is 0 Å². The first kappa shape index (κ1) is 27.4. The first-order valence-corrected chi connectivity index (χ1v) is 9.00. The highest BCUT2D eigenvalue weighted by Gasteiger charge is 2.12. The minimum atomic E-state index is -0.571. The second-order valence-electron chi connectivity index (χ2n) is 5.19. The molecule has 11 nitrogen and oxygen atoms in total. The maximum atomic E-state index is 11.2. The molecule has 0 atom stereocenters. The summed E-state index contributed by atoms with van der Waals surface area (Å²) in [5.74, 6) is -0.0277. The highest BCUT2D eigenvalue weighted by atomic mass is 16.5. The van der Waals surface area contributed by atoms with Crippen LogP contribution in [0.5, 0.6) is 23.0 Å². The monoisotopic (exact) mass is 440 g/mol. The van der Waals surface area contributed by atoms with E-state index >= 15 is 0 Å². The molecular weight excluding hydrogens is 412 g/mol. The Morgan fingerprint density at radius 1 is 0.839 bits per heavy atom. The first-order valence-electron chi connectivity index (χ1n) is 9.00. The number of rotatable bonds is 6. The van der Waals surface area contributed by atoms with Gasteiger partial charge in [-0.3, -0.25) is 0 Å². The smallest absolute Gasteiger partial charge is 0.356 e. The minimum absolute atomic E-state index is 0.0946. The Morgan fingerprint density at radius 2 is 1.29 bits per heavy atom. The lowest BCUT2D eigenvalue weighted by molar-refractivity contribution is 0.0584. The van der Waals surface area contributed by atoms with Crippen molar-refractivity contribution in [3.05, 3.63) is 35.9 Å². The zero-order valence-corrected chi connectivity index (χ0v) is 18.4. The van der Waals surface area contributed by atoms with Crippen LogP contribution in [0.2, 0.25) is 0 Å². The molecule has 0 spiro atoms. The van der Waals surface area contributed by atoms with Crippen molar-refractivity contribution in [2.24, 2.45) is 0 Å². The van der Waals surface area contributed by atoms with Gasteiger partial charge in [0.15, 0.2) is 34.4 Å². The maximum Gasteiger partial charge on any atom is 0.356 e. The third-order valence-electron chi connectivity index (χ3n) is 3.21. The third kappa shape index (κ3) is 9.17. The molecule has 0 aliphatic heterocycles. The van der Waals surface area contributed by atoms with Crippen LogP contribution >= 0.6 is 0 Å². The number of carbonyl (C=O) groups is 2. The number of aliphatic hydroxyl groups is 1. The van der Waals surface area contributed by atoms with Crippen molar-refractivity contribution in [1.29, 1.82) is 0 Å². The molecule has 2 aromatic rings. The summed E-state index contributed by atoms with van der Waals surface area (Å²) in [6, 6.07) is 2.79. The van der Waals surface area contributed by atoms with Crippen molar-refractivity contribution in [2.75, 3.05) is 41.7 Å². The fourth-order valence-corrected chi connectivity index (χ4v) is 1.87. The summed E-state index contributed by atoms with van der Waals surface area (Å²) in [5, 5.41) is 16.7. The topological polar surface area (TPSA) is 147 Å². The van der Waals surface area contributed by atoms with Gasteiger partial charge in [-0.2, -0.15) is 0 Å². The highest BCUT2D eigenvalue weighted by molar-refractivity contribution is 5.88. The van der Waals surface area contributed by atoms with Gasteiger partial charge >= 0.3 is 11.9 Å². The van der Waals surface area contributed by atoms with Crippen molar-refractivity contribution >= 4 is 11.9 Å². The molecule has 0 unspecified atom stereocenters. The van der Waals surface area contributed by atoms with Crippen molar-refractivity contribution in [1.82, 2.24) is 9.97 Å². The Hall–Kier alpha value is -3.60. The molecular formula is C20H28N2O9. The Bertz CT molecular complexity index is 828. The quantitative estimate of drug-likeness (QED) is 0.634. The van der Waals surface area contributed by atoms with Gasteiger partial charge in [-0.25, -0.2) is 19.6 Å². The van der Waals surface area contributed by atoms with Crippen LogP contribution in [0.3, 0.4) is 0 Å². The number of esters is 2. The average molecular weight is 440 g/mol. The minimum Gasteiger partial charge on any atom is -0.503 e. The fraction of sp³-hybridized carbons (Fsp3) is 0.400. The normalized spacial score (nSPS) is 9.13. The zero-order valence-electron chi connectivity index (χ0n) is 18.4. The van der Waals surface area contributed by atoms with Crippen LogP contribution in [0.15, 0.2) is 24.5 Å². The number of nitrogens with zero attached hydrogens (tertiary/aromatic N) is 2. The lowest BCUT2D eigenvalue weighted by atomic mass is 10.3. The number of methoxy groups -OCH3 is 4. The van der Waals surface area contributed by atoms with Crippen LogP contribution < -0.4 is 14.2 Å². The van der Waals surface area contributed by atoms with Gasteiger partial charge in [0.1, 0.15) is 0 Å². The first-order chi connectivity index (χ1) is 14.8. The standard InChI is InChI=1S/C10H13NO4.C8H9NO4.C2H6O/c1-4-15-9-6-11-7(10(12)14-3)5-8(9)13-2;1-12-7-3-5(8(11)13-2)9-4-6(7)10;1-2-3/h5-6H,4H2,1-3H3;3-4,10H,1-2H3;3H,2H2,1H3. The summed E-state index contributed by atoms with van der Waals surface area (Å²) < 4.78 is 24.1. The van der Waals surface area contributed by atoms with E-state index < -0.39 is 11.9 Å². The number of carbonyl (C=O) groups excluding carboxylic acids is 2. The number of hydrogen-bond donors (Lipinski definition) is 2. The summed E-state index contributed by atoms with van der Waals surface area (Å²) >= 11 is 0. The summed E-state index contributed by atoms with van der Waals surface area (Å²) in [5.41, 5.74) is 0.287. The van der Waals surface area contributed by atoms with E-state index in [9.17, 15) is 9.59 Å². The van der Waals surface area contributed by atoms with Gasteiger partial charge in [0.25, 0.3) is 0 Å². The van der Waals surface area contributed by atoms with Crippen LogP contribution in [0.25, 0.3) is 0 Å². The molecule has 172 valence electrons. The molecule has 2 aromatic heterocycles. The fourth-order valence-electron chi connectivity index (χ4n) is 1.87. The molecule has 0 amide bonds. The predicted molar refractivity (Wildman–Crippen MR) is 110 cm³/mol. The maximum absolute atomic E-state index is 11.2. The van der Waals surface area contributed by atoms with Gasteiger partial charge in [0.05, 0.1) is 47.4 Å². The SMILES string of the molecule is CCO.CCOc1cnc(C(=O)OC)cc1OC.COC(=O)c1cc(OC)c(O)cn1. The van der Waals surface area contributed by atoms with Crippen LogP contribution in [0.4, 0.5) is 0 Å². The van der Waals surface area contributed by atoms with Crippen LogP contribution in [-0.2, 0) is 9.47 Å².